The van der Waals surface area contributed by atoms with Gasteiger partial charge in [-0.15, -0.1) is 0 Å². The Hall–Kier alpha value is -5.65. The second-order valence-electron chi connectivity index (χ2n) is 22.3. The summed E-state index contributed by atoms with van der Waals surface area (Å²) in [4.78, 5) is 28.4. The summed E-state index contributed by atoms with van der Waals surface area (Å²) < 4.78 is 37.2. The third-order valence-electron chi connectivity index (χ3n) is 15.0. The average molecular weight is 1150 g/mol. The Balaban J connectivity index is 0.000000149. The molecule has 78 heavy (non-hydrogen) atoms. The van der Waals surface area contributed by atoms with Crippen molar-refractivity contribution < 1.29 is 27.9 Å². The molecule has 0 N–H and O–H groups in total. The summed E-state index contributed by atoms with van der Waals surface area (Å²) in [6.07, 6.45) is 0. The van der Waals surface area contributed by atoms with Gasteiger partial charge in [0.1, 0.15) is 0 Å². The third kappa shape index (κ3) is 12.7. The average Bonchev–Trinajstić information content (AvgIpc) is 3.97. The van der Waals surface area contributed by atoms with E-state index in [1.54, 1.807) is 0 Å². The van der Waals surface area contributed by atoms with Gasteiger partial charge in [0.25, 0.3) is 0 Å². The topological polar surface area (TPSA) is 133 Å². The highest BCUT2D eigenvalue weighted by Gasteiger charge is 2.63. The molecule has 3 aliphatic rings. The van der Waals surface area contributed by atoms with Crippen molar-refractivity contribution in [2.24, 2.45) is 0 Å². The van der Waals surface area contributed by atoms with Gasteiger partial charge < -0.3 is 27.9 Å². The molecular formula is C60H62B3BrCl2N6O6. The lowest BCUT2D eigenvalue weighted by molar-refractivity contribution is 0.00578. The van der Waals surface area contributed by atoms with E-state index >= 15 is 0 Å². The summed E-state index contributed by atoms with van der Waals surface area (Å²) >= 11 is 16.2. The molecule has 3 fully saturated rings. The summed E-state index contributed by atoms with van der Waals surface area (Å²) in [6.45, 7) is 24.3. The van der Waals surface area contributed by atoms with Crippen LogP contribution in [0.15, 0.2) is 162 Å². The number of rotatable bonds is 8. The Morgan fingerprint density at radius 2 is 0.577 bits per heavy atom. The van der Waals surface area contributed by atoms with Gasteiger partial charge in [-0.25, -0.2) is 29.9 Å². The maximum atomic E-state index is 6.55. The molecule has 0 saturated carbocycles. The molecule has 0 bridgehead atoms. The van der Waals surface area contributed by atoms with Gasteiger partial charge in [0.15, 0.2) is 34.9 Å². The van der Waals surface area contributed by atoms with Crippen LogP contribution in [-0.2, 0) is 27.9 Å². The van der Waals surface area contributed by atoms with E-state index < -0.39 is 32.3 Å². The fraction of sp³-hybridized carbons (Fsp3) is 0.300. The van der Waals surface area contributed by atoms with Gasteiger partial charge in [0.05, 0.1) is 33.6 Å². The van der Waals surface area contributed by atoms with Crippen LogP contribution in [0, 0.1) is 0 Å². The molecule has 0 radical (unpaired) electrons. The number of nitrogens with zero attached hydrogens (tertiary/aromatic N) is 6. The maximum Gasteiger partial charge on any atom is 0.494 e. The summed E-state index contributed by atoms with van der Waals surface area (Å²) in [5, 5.41) is 1.18. The van der Waals surface area contributed by atoms with Gasteiger partial charge in [-0.3, -0.25) is 0 Å². The molecule has 0 aliphatic carbocycles. The van der Waals surface area contributed by atoms with E-state index in [9.17, 15) is 0 Å². The number of hydrogen-bond donors (Lipinski definition) is 0. The molecule has 0 amide bonds. The number of benzene rings is 6. The van der Waals surface area contributed by atoms with Crippen LogP contribution in [0.5, 0.6) is 0 Å². The second kappa shape index (κ2) is 22.5. The maximum absolute atomic E-state index is 6.55. The summed E-state index contributed by atoms with van der Waals surface area (Å²) in [5.74, 6) is 3.58. The highest BCUT2D eigenvalue weighted by Crippen LogP contribution is 2.43. The van der Waals surface area contributed by atoms with Crippen LogP contribution in [0.2, 0.25) is 10.0 Å². The predicted molar refractivity (Wildman–Crippen MR) is 318 cm³/mol. The number of aromatic nitrogens is 6. The summed E-state index contributed by atoms with van der Waals surface area (Å²) in [7, 11) is -1.49. The van der Waals surface area contributed by atoms with E-state index in [2.05, 4.69) is 30.9 Å². The summed E-state index contributed by atoms with van der Waals surface area (Å²) in [6, 6.07) is 50.9. The van der Waals surface area contributed by atoms with Crippen molar-refractivity contribution >= 4 is 65.7 Å². The van der Waals surface area contributed by atoms with Gasteiger partial charge in [-0.1, -0.05) is 167 Å². The molecule has 3 aliphatic heterocycles. The summed E-state index contributed by atoms with van der Waals surface area (Å²) in [5.41, 5.74) is 3.80. The smallest absolute Gasteiger partial charge is 0.405 e. The lowest BCUT2D eigenvalue weighted by Crippen LogP contribution is -2.41. The van der Waals surface area contributed by atoms with Crippen LogP contribution in [0.4, 0.5) is 0 Å². The SMILES string of the molecule is CC1(C)OB(B2OC(C)(C)C(C)(C)O2)OC1(C)C.CC1(C)OB(c2cc(Cl)cc(-c3nc(-c4ccccc4)nc(-c4ccccc4)n3)c2)OC1(C)C.Clc1cc(Br)cc(-c2nc(-c3ccccc3)nc(-c3ccccc3)n2)c1. The fourth-order valence-corrected chi connectivity index (χ4v) is 9.52. The first kappa shape index (κ1) is 57.1. The normalized spacial score (nSPS) is 18.2. The minimum atomic E-state index is -0.536. The minimum Gasteiger partial charge on any atom is -0.405 e. The molecule has 0 spiro atoms. The number of halogens is 3. The van der Waals surface area contributed by atoms with Crippen molar-refractivity contribution in [1.29, 1.82) is 0 Å². The largest absolute Gasteiger partial charge is 0.494 e. The first-order valence-corrected chi connectivity index (χ1v) is 27.4. The quantitative estimate of drug-likeness (QED) is 0.134. The van der Waals surface area contributed by atoms with Gasteiger partial charge in [-0.2, -0.15) is 0 Å². The Morgan fingerprint density at radius 3 is 0.872 bits per heavy atom. The van der Waals surface area contributed by atoms with Crippen LogP contribution in [0.1, 0.15) is 83.1 Å². The van der Waals surface area contributed by atoms with Crippen LogP contribution in [0.25, 0.3) is 68.3 Å². The van der Waals surface area contributed by atoms with Crippen molar-refractivity contribution in [3.05, 3.63) is 172 Å². The van der Waals surface area contributed by atoms with E-state index in [4.69, 9.17) is 66.1 Å². The fourth-order valence-electron chi connectivity index (χ4n) is 8.41. The van der Waals surface area contributed by atoms with E-state index in [-0.39, 0.29) is 22.4 Å². The van der Waals surface area contributed by atoms with Gasteiger partial charge >= 0.3 is 21.1 Å². The molecule has 0 unspecified atom stereocenters. The standard InChI is InChI=1S/C27H25BClN3O2.C21H13BrClN3.C12H24B2O4/c1-26(2)27(3,4)34-28(33-26)21-15-20(16-22(29)17-21)25-31-23(18-11-7-5-8-12-18)30-24(32-25)19-13-9-6-10-14-19;22-17-11-16(12-18(23)13-17)21-25-19(14-7-3-1-4-8-14)24-20(26-21)15-9-5-2-6-10-15;1-9(2)10(3,4)16-13(15-9)14-17-11(5,6)12(7,8)18-14/h5-17H,1-4H3;1-13H;1-8H3. The Morgan fingerprint density at radius 1 is 0.321 bits per heavy atom. The molecule has 6 aromatic carbocycles. The second-order valence-corrected chi connectivity index (χ2v) is 24.1. The van der Waals surface area contributed by atoms with E-state index in [1.165, 1.54) is 0 Å². The molecule has 11 rings (SSSR count). The molecule has 12 nitrogen and oxygen atoms in total. The predicted octanol–water partition coefficient (Wildman–Crippen LogP) is 14.4. The van der Waals surface area contributed by atoms with Crippen LogP contribution in [-0.4, -0.2) is 84.6 Å². The molecule has 3 saturated heterocycles. The molecule has 5 heterocycles. The van der Waals surface area contributed by atoms with Crippen LogP contribution < -0.4 is 5.46 Å². The molecule has 2 aromatic heterocycles. The lowest BCUT2D eigenvalue weighted by Gasteiger charge is -2.32. The minimum absolute atomic E-state index is 0.360. The molecule has 398 valence electrons. The molecule has 0 atom stereocenters. The monoisotopic (exact) mass is 1140 g/mol. The highest BCUT2D eigenvalue weighted by molar-refractivity contribution is 9.10. The molecule has 8 aromatic rings. The Bertz CT molecular complexity index is 3190. The first-order chi connectivity index (χ1) is 36.8. The third-order valence-corrected chi connectivity index (χ3v) is 15.9. The van der Waals surface area contributed by atoms with Crippen molar-refractivity contribution in [2.45, 2.75) is 117 Å². The van der Waals surface area contributed by atoms with E-state index in [0.717, 1.165) is 43.3 Å². The van der Waals surface area contributed by atoms with Crippen molar-refractivity contribution in [2.75, 3.05) is 0 Å². The first-order valence-electron chi connectivity index (χ1n) is 25.9. The van der Waals surface area contributed by atoms with Crippen LogP contribution in [0.3, 0.4) is 0 Å². The van der Waals surface area contributed by atoms with Crippen molar-refractivity contribution in [3.8, 4) is 68.3 Å². The van der Waals surface area contributed by atoms with E-state index in [0.29, 0.717) is 45.0 Å². The Labute approximate surface area is 478 Å². The number of hydrogen-bond acceptors (Lipinski definition) is 12. The van der Waals surface area contributed by atoms with Gasteiger partial charge in [-0.05, 0) is 119 Å². The van der Waals surface area contributed by atoms with Crippen molar-refractivity contribution in [3.63, 3.8) is 0 Å². The van der Waals surface area contributed by atoms with Crippen molar-refractivity contribution in [1.82, 2.24) is 29.9 Å². The van der Waals surface area contributed by atoms with Gasteiger partial charge in [0.2, 0.25) is 0 Å². The molecular weight excluding hydrogens is 1080 g/mol. The van der Waals surface area contributed by atoms with E-state index in [1.807, 2.05) is 241 Å². The Kier molecular flexibility index (Phi) is 16.4. The molecule has 18 heteroatoms. The van der Waals surface area contributed by atoms with Gasteiger partial charge in [0, 0.05) is 47.9 Å². The zero-order valence-corrected chi connectivity index (χ0v) is 49.1. The lowest BCUT2D eigenvalue weighted by atomic mass is 9.49. The zero-order valence-electron chi connectivity index (χ0n) is 46.0. The highest BCUT2D eigenvalue weighted by atomic mass is 79.9. The van der Waals surface area contributed by atoms with Crippen LogP contribution >= 0.6 is 39.1 Å². The zero-order chi connectivity index (χ0) is 55.8.